The Bertz CT molecular complexity index is 331. The lowest BCUT2D eigenvalue weighted by Crippen LogP contribution is -2.33. The van der Waals surface area contributed by atoms with Crippen LogP contribution in [-0.4, -0.2) is 29.5 Å². The van der Waals surface area contributed by atoms with Gasteiger partial charge in [0.2, 0.25) is 0 Å². The summed E-state index contributed by atoms with van der Waals surface area (Å²) >= 11 is 3.43. The van der Waals surface area contributed by atoms with Crippen LogP contribution in [0.1, 0.15) is 17.5 Å². The molecule has 1 atom stereocenters. The maximum Gasteiger partial charge on any atom is 0.0585 e. The molecule has 0 fully saturated rings. The first-order valence-electron chi connectivity index (χ1n) is 5.37. The molecule has 0 saturated carbocycles. The molecule has 4 heteroatoms. The minimum absolute atomic E-state index is 0.0385. The highest BCUT2D eigenvalue weighted by Gasteiger charge is 2.06. The Labute approximate surface area is 105 Å². The molecule has 3 nitrogen and oxygen atoms in total. The van der Waals surface area contributed by atoms with E-state index in [4.69, 9.17) is 10.2 Å². The van der Waals surface area contributed by atoms with Crippen LogP contribution in [0, 0.1) is 6.92 Å². The normalized spacial score (nSPS) is 12.8. The molecule has 1 rings (SSSR count). The summed E-state index contributed by atoms with van der Waals surface area (Å²) in [5, 5.41) is 21.1. The summed E-state index contributed by atoms with van der Waals surface area (Å²) in [6.07, 6.45) is 0.573. The first-order chi connectivity index (χ1) is 7.67. The van der Waals surface area contributed by atoms with Crippen molar-refractivity contribution in [3.05, 3.63) is 33.8 Å². The minimum Gasteiger partial charge on any atom is -0.396 e. The van der Waals surface area contributed by atoms with Crippen LogP contribution in [0.3, 0.4) is 0 Å². The molecule has 16 heavy (non-hydrogen) atoms. The highest BCUT2D eigenvalue weighted by Crippen LogP contribution is 2.16. The van der Waals surface area contributed by atoms with Crippen molar-refractivity contribution in [1.29, 1.82) is 0 Å². The fraction of sp³-hybridized carbons (Fsp3) is 0.500. The van der Waals surface area contributed by atoms with Gasteiger partial charge >= 0.3 is 0 Å². The molecule has 0 aliphatic carbocycles. The van der Waals surface area contributed by atoms with E-state index in [0.717, 1.165) is 4.47 Å². The molecule has 3 N–H and O–H groups in total. The van der Waals surface area contributed by atoms with Crippen LogP contribution in [0.15, 0.2) is 22.7 Å². The van der Waals surface area contributed by atoms with Crippen LogP contribution < -0.4 is 5.32 Å². The smallest absolute Gasteiger partial charge is 0.0585 e. The predicted octanol–water partition coefficient (Wildman–Crippen LogP) is 1.59. The van der Waals surface area contributed by atoms with Crippen molar-refractivity contribution in [3.63, 3.8) is 0 Å². The molecular weight excluding hydrogens is 270 g/mol. The molecule has 1 aromatic carbocycles. The largest absolute Gasteiger partial charge is 0.396 e. The lowest BCUT2D eigenvalue weighted by Gasteiger charge is -2.16. The van der Waals surface area contributed by atoms with Crippen LogP contribution in [0.5, 0.6) is 0 Å². The molecule has 0 spiro atoms. The molecule has 1 unspecified atom stereocenters. The third-order valence-corrected chi connectivity index (χ3v) is 3.08. The number of aryl methyl sites for hydroxylation is 1. The summed E-state index contributed by atoms with van der Waals surface area (Å²) in [5.41, 5.74) is 2.42. The van der Waals surface area contributed by atoms with Crippen molar-refractivity contribution in [1.82, 2.24) is 5.32 Å². The molecule has 0 bridgehead atoms. The molecule has 0 amide bonds. The maximum atomic E-state index is 9.08. The highest BCUT2D eigenvalue weighted by atomic mass is 79.9. The van der Waals surface area contributed by atoms with Crippen LogP contribution in [0.2, 0.25) is 0 Å². The third-order valence-electron chi connectivity index (χ3n) is 2.59. The summed E-state index contributed by atoms with van der Waals surface area (Å²) in [4.78, 5) is 0. The van der Waals surface area contributed by atoms with E-state index in [1.807, 2.05) is 6.07 Å². The zero-order valence-electron chi connectivity index (χ0n) is 9.41. The molecule has 0 aliphatic rings. The number of nitrogens with one attached hydrogen (secondary N) is 1. The fourth-order valence-electron chi connectivity index (χ4n) is 1.50. The van der Waals surface area contributed by atoms with Crippen molar-refractivity contribution in [3.8, 4) is 0 Å². The summed E-state index contributed by atoms with van der Waals surface area (Å²) in [7, 11) is 0. The van der Waals surface area contributed by atoms with Gasteiger partial charge in [0, 0.05) is 23.7 Å². The number of aliphatic hydroxyl groups is 2. The molecular formula is C12H18BrNO2. The van der Waals surface area contributed by atoms with E-state index in [2.05, 4.69) is 40.3 Å². The second-order valence-electron chi connectivity index (χ2n) is 3.84. The number of benzene rings is 1. The van der Waals surface area contributed by atoms with Gasteiger partial charge in [-0.1, -0.05) is 22.0 Å². The predicted molar refractivity (Wildman–Crippen MR) is 68.3 cm³/mol. The number of hydrogen-bond donors (Lipinski definition) is 3. The second kappa shape index (κ2) is 7.01. The van der Waals surface area contributed by atoms with E-state index in [1.165, 1.54) is 11.1 Å². The molecule has 1 aromatic rings. The topological polar surface area (TPSA) is 52.5 Å². The summed E-state index contributed by atoms with van der Waals surface area (Å²) in [6.45, 7) is 2.91. The van der Waals surface area contributed by atoms with Crippen LogP contribution in [0.4, 0.5) is 0 Å². The van der Waals surface area contributed by atoms with Crippen molar-refractivity contribution in [2.45, 2.75) is 25.9 Å². The first-order valence-corrected chi connectivity index (χ1v) is 6.16. The van der Waals surface area contributed by atoms with Gasteiger partial charge in [-0.05, 0) is 36.6 Å². The van der Waals surface area contributed by atoms with E-state index in [0.29, 0.717) is 13.0 Å². The Morgan fingerprint density at radius 1 is 1.38 bits per heavy atom. The zero-order valence-corrected chi connectivity index (χ0v) is 11.0. The Morgan fingerprint density at radius 2 is 2.12 bits per heavy atom. The lowest BCUT2D eigenvalue weighted by molar-refractivity contribution is 0.200. The molecule has 0 heterocycles. The van der Waals surface area contributed by atoms with Gasteiger partial charge in [-0.15, -0.1) is 0 Å². The Balaban J connectivity index is 2.55. The van der Waals surface area contributed by atoms with Crippen molar-refractivity contribution >= 4 is 15.9 Å². The maximum absolute atomic E-state index is 9.08. The van der Waals surface area contributed by atoms with Crippen LogP contribution in [-0.2, 0) is 6.54 Å². The zero-order chi connectivity index (χ0) is 12.0. The lowest BCUT2D eigenvalue weighted by atomic mass is 10.1. The second-order valence-corrected chi connectivity index (χ2v) is 4.76. The van der Waals surface area contributed by atoms with E-state index in [9.17, 15) is 0 Å². The molecule has 0 aromatic heterocycles. The average molecular weight is 288 g/mol. The Kier molecular flexibility index (Phi) is 5.98. The number of rotatable bonds is 6. The average Bonchev–Trinajstić information content (AvgIpc) is 2.28. The first kappa shape index (κ1) is 13.6. The van der Waals surface area contributed by atoms with Gasteiger partial charge in [-0.3, -0.25) is 0 Å². The van der Waals surface area contributed by atoms with Gasteiger partial charge in [-0.2, -0.15) is 0 Å². The minimum atomic E-state index is -0.0385. The quantitative estimate of drug-likeness (QED) is 0.745. The summed E-state index contributed by atoms with van der Waals surface area (Å²) in [5.74, 6) is 0. The highest BCUT2D eigenvalue weighted by molar-refractivity contribution is 9.10. The van der Waals surface area contributed by atoms with Gasteiger partial charge in [0.15, 0.2) is 0 Å². The van der Waals surface area contributed by atoms with E-state index < -0.39 is 0 Å². The molecule has 90 valence electrons. The number of halogens is 1. The van der Waals surface area contributed by atoms with E-state index in [-0.39, 0.29) is 19.3 Å². The Morgan fingerprint density at radius 3 is 2.75 bits per heavy atom. The van der Waals surface area contributed by atoms with Gasteiger partial charge < -0.3 is 15.5 Å². The van der Waals surface area contributed by atoms with Crippen LogP contribution in [0.25, 0.3) is 0 Å². The summed E-state index contributed by atoms with van der Waals surface area (Å²) in [6, 6.07) is 6.09. The number of hydrogen-bond acceptors (Lipinski definition) is 3. The monoisotopic (exact) mass is 287 g/mol. The SMILES string of the molecule is Cc1ccc(Br)cc1CNC(CO)CCO. The standard InChI is InChI=1S/C12H18BrNO2/c1-9-2-3-11(13)6-10(9)7-14-12(8-16)4-5-15/h2-3,6,12,14-16H,4-5,7-8H2,1H3. The van der Waals surface area contributed by atoms with Crippen molar-refractivity contribution in [2.24, 2.45) is 0 Å². The van der Waals surface area contributed by atoms with E-state index >= 15 is 0 Å². The van der Waals surface area contributed by atoms with Crippen LogP contribution >= 0.6 is 15.9 Å². The Hall–Kier alpha value is -0.420. The number of aliphatic hydroxyl groups excluding tert-OH is 2. The molecule has 0 saturated heterocycles. The fourth-order valence-corrected chi connectivity index (χ4v) is 1.91. The van der Waals surface area contributed by atoms with Gasteiger partial charge in [0.05, 0.1) is 6.61 Å². The van der Waals surface area contributed by atoms with E-state index in [1.54, 1.807) is 0 Å². The summed E-state index contributed by atoms with van der Waals surface area (Å²) < 4.78 is 1.05. The molecule has 0 radical (unpaired) electrons. The van der Waals surface area contributed by atoms with Gasteiger partial charge in [0.1, 0.15) is 0 Å². The molecule has 0 aliphatic heterocycles. The van der Waals surface area contributed by atoms with Crippen molar-refractivity contribution < 1.29 is 10.2 Å². The van der Waals surface area contributed by atoms with Gasteiger partial charge in [-0.25, -0.2) is 0 Å². The van der Waals surface area contributed by atoms with Gasteiger partial charge in [0.25, 0.3) is 0 Å². The van der Waals surface area contributed by atoms with Crippen molar-refractivity contribution in [2.75, 3.05) is 13.2 Å². The third kappa shape index (κ3) is 4.22.